The van der Waals surface area contributed by atoms with Crippen molar-refractivity contribution in [3.05, 3.63) is 29.3 Å². The van der Waals surface area contributed by atoms with Gasteiger partial charge in [0.25, 0.3) is 5.91 Å². The average Bonchev–Trinajstić information content (AvgIpc) is 2.72. The number of nitrogens with one attached hydrogen (secondary N) is 1. The maximum absolute atomic E-state index is 12.3. The summed E-state index contributed by atoms with van der Waals surface area (Å²) in [5.74, 6) is 0.743. The van der Waals surface area contributed by atoms with E-state index in [1.165, 1.54) is 11.1 Å². The van der Waals surface area contributed by atoms with Gasteiger partial charge < -0.3 is 14.8 Å². The lowest BCUT2D eigenvalue weighted by Gasteiger charge is -2.30. The zero-order valence-corrected chi connectivity index (χ0v) is 19.3. The van der Waals surface area contributed by atoms with Crippen molar-refractivity contribution in [3.8, 4) is 5.75 Å². The van der Waals surface area contributed by atoms with E-state index in [2.05, 4.69) is 63.9 Å². The third kappa shape index (κ3) is 6.71. The minimum Gasteiger partial charge on any atom is -0.483 e. The zero-order chi connectivity index (χ0) is 21.5. The summed E-state index contributed by atoms with van der Waals surface area (Å²) >= 11 is 0. The summed E-state index contributed by atoms with van der Waals surface area (Å²) in [5, 5.41) is 2.97. The van der Waals surface area contributed by atoms with E-state index >= 15 is 0 Å². The van der Waals surface area contributed by atoms with Crippen LogP contribution < -0.4 is 10.1 Å². The molecule has 1 fully saturated rings. The van der Waals surface area contributed by atoms with Gasteiger partial charge in [-0.25, -0.2) is 0 Å². The molecule has 5 heteroatoms. The highest BCUT2D eigenvalue weighted by Crippen LogP contribution is 2.38. The first-order valence-electron chi connectivity index (χ1n) is 11.0. The Bertz CT molecular complexity index is 664. The number of hydrogen-bond acceptors (Lipinski definition) is 4. The third-order valence-electron chi connectivity index (χ3n) is 6.47. The number of ether oxygens (including phenoxy) is 2. The summed E-state index contributed by atoms with van der Waals surface area (Å²) in [6.45, 7) is 18.4. The normalized spacial score (nSPS) is 15.9. The van der Waals surface area contributed by atoms with Crippen molar-refractivity contribution < 1.29 is 14.3 Å². The monoisotopic (exact) mass is 404 g/mol. The fourth-order valence-corrected chi connectivity index (χ4v) is 3.37. The summed E-state index contributed by atoms with van der Waals surface area (Å²) in [7, 11) is 0. The number of hydrogen-bond donors (Lipinski definition) is 1. The van der Waals surface area contributed by atoms with E-state index in [1.54, 1.807) is 0 Å². The smallest absolute Gasteiger partial charge is 0.257 e. The summed E-state index contributed by atoms with van der Waals surface area (Å²) in [4.78, 5) is 14.6. The Balaban J connectivity index is 1.98. The van der Waals surface area contributed by atoms with Gasteiger partial charge in [0.05, 0.1) is 13.2 Å². The van der Waals surface area contributed by atoms with Gasteiger partial charge >= 0.3 is 0 Å². The molecule has 29 heavy (non-hydrogen) atoms. The van der Waals surface area contributed by atoms with Crippen LogP contribution in [0.4, 0.5) is 0 Å². The molecule has 1 heterocycles. The summed E-state index contributed by atoms with van der Waals surface area (Å²) in [6, 6.07) is 6.46. The first kappa shape index (κ1) is 23.7. The number of morpholine rings is 1. The van der Waals surface area contributed by atoms with Gasteiger partial charge in [-0.3, -0.25) is 9.69 Å². The molecule has 164 valence electrons. The van der Waals surface area contributed by atoms with Crippen LogP contribution in [0.15, 0.2) is 18.2 Å². The van der Waals surface area contributed by atoms with Gasteiger partial charge in [-0.1, -0.05) is 53.7 Å². The largest absolute Gasteiger partial charge is 0.483 e. The zero-order valence-electron chi connectivity index (χ0n) is 19.3. The maximum Gasteiger partial charge on any atom is 0.257 e. The molecule has 5 nitrogen and oxygen atoms in total. The predicted molar refractivity (Wildman–Crippen MR) is 119 cm³/mol. The molecule has 1 amide bonds. The minimum absolute atomic E-state index is 0.0119. The molecule has 1 aliphatic heterocycles. The van der Waals surface area contributed by atoms with E-state index < -0.39 is 0 Å². The highest BCUT2D eigenvalue weighted by Gasteiger charge is 2.26. The highest BCUT2D eigenvalue weighted by atomic mass is 16.5. The van der Waals surface area contributed by atoms with Crippen molar-refractivity contribution in [2.45, 2.75) is 65.2 Å². The molecule has 2 rings (SSSR count). The van der Waals surface area contributed by atoms with Gasteiger partial charge in [0.2, 0.25) is 0 Å². The SMILES string of the molecule is CCC(C)(C)c1ccc(OCC(=O)NCCN2CCOCC2)c(C(C)(C)CC)c1. The van der Waals surface area contributed by atoms with Crippen LogP contribution in [-0.2, 0) is 20.4 Å². The van der Waals surface area contributed by atoms with Crippen LogP contribution in [0.25, 0.3) is 0 Å². The number of benzene rings is 1. The summed E-state index contributed by atoms with van der Waals surface area (Å²) in [6.07, 6.45) is 2.08. The highest BCUT2D eigenvalue weighted by molar-refractivity contribution is 5.77. The topological polar surface area (TPSA) is 50.8 Å². The maximum atomic E-state index is 12.3. The minimum atomic E-state index is -0.0727. The first-order chi connectivity index (χ1) is 13.7. The molecular formula is C24H40N2O3. The molecule has 0 saturated carbocycles. The van der Waals surface area contributed by atoms with Gasteiger partial charge in [0.15, 0.2) is 6.61 Å². The number of rotatable bonds is 10. The molecule has 0 aliphatic carbocycles. The second kappa shape index (κ2) is 10.4. The summed E-state index contributed by atoms with van der Waals surface area (Å²) < 4.78 is 11.3. The Hall–Kier alpha value is -1.59. The molecule has 1 aliphatic rings. The van der Waals surface area contributed by atoms with E-state index in [-0.39, 0.29) is 23.3 Å². The standard InChI is InChI=1S/C24H40N2O3/c1-7-23(3,4)19-9-10-21(20(17-19)24(5,6)8-2)29-18-22(27)25-11-12-26-13-15-28-16-14-26/h9-10,17H,7-8,11-16,18H2,1-6H3,(H,25,27). The molecule has 1 saturated heterocycles. The van der Waals surface area contributed by atoms with Gasteiger partial charge in [0.1, 0.15) is 5.75 Å². The Morgan fingerprint density at radius 2 is 1.76 bits per heavy atom. The van der Waals surface area contributed by atoms with E-state index in [1.807, 2.05) is 6.07 Å². The molecule has 1 N–H and O–H groups in total. The van der Waals surface area contributed by atoms with Crippen molar-refractivity contribution in [3.63, 3.8) is 0 Å². The number of amides is 1. The lowest BCUT2D eigenvalue weighted by atomic mass is 9.76. The molecule has 1 aromatic rings. The van der Waals surface area contributed by atoms with E-state index in [0.717, 1.165) is 51.4 Å². The molecule has 0 radical (unpaired) electrons. The van der Waals surface area contributed by atoms with Gasteiger partial charge in [-0.05, 0) is 35.3 Å². The lowest BCUT2D eigenvalue weighted by molar-refractivity contribution is -0.123. The number of carbonyl (C=O) groups is 1. The van der Waals surface area contributed by atoms with Crippen molar-refractivity contribution in [2.75, 3.05) is 46.0 Å². The van der Waals surface area contributed by atoms with Crippen molar-refractivity contribution >= 4 is 5.91 Å². The van der Waals surface area contributed by atoms with Crippen molar-refractivity contribution in [1.82, 2.24) is 10.2 Å². The number of nitrogens with zero attached hydrogens (tertiary/aromatic N) is 1. The van der Waals surface area contributed by atoms with Crippen LogP contribution in [0.5, 0.6) is 5.75 Å². The van der Waals surface area contributed by atoms with Crippen LogP contribution in [0.1, 0.15) is 65.5 Å². The summed E-state index contributed by atoms with van der Waals surface area (Å²) in [5.41, 5.74) is 2.61. The molecule has 0 unspecified atom stereocenters. The first-order valence-corrected chi connectivity index (χ1v) is 11.0. The Kier molecular flexibility index (Phi) is 8.53. The lowest BCUT2D eigenvalue weighted by Crippen LogP contribution is -2.42. The molecular weight excluding hydrogens is 364 g/mol. The Morgan fingerprint density at radius 3 is 2.38 bits per heavy atom. The molecule has 0 spiro atoms. The van der Waals surface area contributed by atoms with Gasteiger partial charge in [-0.15, -0.1) is 0 Å². The molecule has 1 aromatic carbocycles. The van der Waals surface area contributed by atoms with Gasteiger partial charge in [0, 0.05) is 31.7 Å². The Morgan fingerprint density at radius 1 is 1.10 bits per heavy atom. The molecule has 0 bridgehead atoms. The second-order valence-electron chi connectivity index (χ2n) is 9.28. The van der Waals surface area contributed by atoms with Crippen molar-refractivity contribution in [2.24, 2.45) is 0 Å². The second-order valence-corrected chi connectivity index (χ2v) is 9.28. The third-order valence-corrected chi connectivity index (χ3v) is 6.47. The Labute approximate surface area is 177 Å². The van der Waals surface area contributed by atoms with E-state index in [9.17, 15) is 4.79 Å². The fourth-order valence-electron chi connectivity index (χ4n) is 3.37. The quantitative estimate of drug-likeness (QED) is 0.643. The number of carbonyl (C=O) groups excluding carboxylic acids is 1. The predicted octanol–water partition coefficient (Wildman–Crippen LogP) is 3.89. The molecule has 0 aromatic heterocycles. The van der Waals surface area contributed by atoms with Crippen LogP contribution in [0.2, 0.25) is 0 Å². The van der Waals surface area contributed by atoms with Crippen LogP contribution in [0, 0.1) is 0 Å². The van der Waals surface area contributed by atoms with Crippen LogP contribution in [0.3, 0.4) is 0 Å². The molecule has 0 atom stereocenters. The van der Waals surface area contributed by atoms with Crippen LogP contribution in [-0.4, -0.2) is 56.8 Å². The van der Waals surface area contributed by atoms with Gasteiger partial charge in [-0.2, -0.15) is 0 Å². The van der Waals surface area contributed by atoms with E-state index in [4.69, 9.17) is 9.47 Å². The van der Waals surface area contributed by atoms with E-state index in [0.29, 0.717) is 6.54 Å². The van der Waals surface area contributed by atoms with Crippen LogP contribution >= 0.6 is 0 Å². The fraction of sp³-hybridized carbons (Fsp3) is 0.708. The average molecular weight is 405 g/mol. The van der Waals surface area contributed by atoms with Crippen molar-refractivity contribution in [1.29, 1.82) is 0 Å².